The van der Waals surface area contributed by atoms with Crippen LogP contribution in [0.4, 0.5) is 11.4 Å². The summed E-state index contributed by atoms with van der Waals surface area (Å²) in [5.41, 5.74) is 0.916. The van der Waals surface area contributed by atoms with Crippen molar-refractivity contribution in [1.29, 1.82) is 5.26 Å². The Morgan fingerprint density at radius 1 is 1.25 bits per heavy atom. The highest BCUT2D eigenvalue weighted by atomic mass is 32.2. The van der Waals surface area contributed by atoms with Gasteiger partial charge in [0.15, 0.2) is 5.76 Å². The van der Waals surface area contributed by atoms with Gasteiger partial charge in [0.05, 0.1) is 16.2 Å². The Bertz CT molecular complexity index is 1040. The second-order valence-corrected chi connectivity index (χ2v) is 8.34. The Kier molecular flexibility index (Phi) is 5.35. The van der Waals surface area contributed by atoms with E-state index in [0.717, 1.165) is 0 Å². The Labute approximate surface area is 162 Å². The van der Waals surface area contributed by atoms with Crippen molar-refractivity contribution in [2.24, 2.45) is 0 Å². The largest absolute Gasteiger partial charge is 0.369 e. The molecule has 0 unspecified atom stereocenters. The minimum atomic E-state index is -3.75. The molecule has 1 aromatic carbocycles. The van der Waals surface area contributed by atoms with Crippen molar-refractivity contribution in [3.63, 3.8) is 0 Å². The Balaban J connectivity index is 1.85. The van der Waals surface area contributed by atoms with Crippen LogP contribution in [-0.4, -0.2) is 49.0 Å². The van der Waals surface area contributed by atoms with E-state index in [0.29, 0.717) is 37.4 Å². The predicted molar refractivity (Wildman–Crippen MR) is 99.4 cm³/mol. The van der Waals surface area contributed by atoms with Crippen molar-refractivity contribution in [1.82, 2.24) is 9.46 Å². The van der Waals surface area contributed by atoms with Gasteiger partial charge in [0.2, 0.25) is 10.0 Å². The molecular formula is C17H19N5O5S. The molecule has 0 radical (unpaired) electrons. The number of aromatic nitrogens is 1. The third-order valence-corrected chi connectivity index (χ3v) is 6.82. The molecule has 1 fully saturated rings. The number of sulfonamides is 1. The number of nitro groups is 1. The molecule has 2 heterocycles. The van der Waals surface area contributed by atoms with Gasteiger partial charge in [-0.15, -0.1) is 0 Å². The molecule has 0 bridgehead atoms. The van der Waals surface area contributed by atoms with Gasteiger partial charge in [0.25, 0.3) is 5.69 Å². The van der Waals surface area contributed by atoms with E-state index in [2.05, 4.69) is 5.16 Å². The van der Waals surface area contributed by atoms with E-state index in [1.54, 1.807) is 13.8 Å². The third-order valence-electron chi connectivity index (χ3n) is 4.67. The predicted octanol–water partition coefficient (Wildman–Crippen LogP) is 1.97. The summed E-state index contributed by atoms with van der Waals surface area (Å²) in [5, 5.41) is 24.0. The van der Waals surface area contributed by atoms with Crippen molar-refractivity contribution in [2.45, 2.75) is 25.2 Å². The number of nitrogens with zero attached hydrogens (tertiary/aromatic N) is 5. The summed E-state index contributed by atoms with van der Waals surface area (Å²) in [4.78, 5) is 12.4. The molecule has 1 saturated heterocycles. The van der Waals surface area contributed by atoms with Crippen molar-refractivity contribution >= 4 is 21.4 Å². The highest BCUT2D eigenvalue weighted by Gasteiger charge is 2.32. The van der Waals surface area contributed by atoms with Crippen LogP contribution in [0.3, 0.4) is 0 Å². The lowest BCUT2D eigenvalue weighted by atomic mass is 10.1. The molecule has 1 aromatic heterocycles. The fourth-order valence-electron chi connectivity index (χ4n) is 3.35. The van der Waals surface area contributed by atoms with E-state index in [9.17, 15) is 23.8 Å². The fourth-order valence-corrected chi connectivity index (χ4v) is 5.11. The Morgan fingerprint density at radius 3 is 2.61 bits per heavy atom. The van der Waals surface area contributed by atoms with Gasteiger partial charge >= 0.3 is 0 Å². The van der Waals surface area contributed by atoms with Crippen LogP contribution in [0.2, 0.25) is 0 Å². The average Bonchev–Trinajstić information content (AvgIpc) is 2.86. The maximum atomic E-state index is 13.0. The van der Waals surface area contributed by atoms with Gasteiger partial charge in [-0.05, 0) is 26.3 Å². The maximum absolute atomic E-state index is 13.0. The topological polar surface area (TPSA) is 134 Å². The number of hydrogen-bond acceptors (Lipinski definition) is 8. The molecule has 1 aliphatic heterocycles. The quantitative estimate of drug-likeness (QED) is 0.557. The highest BCUT2D eigenvalue weighted by molar-refractivity contribution is 7.89. The van der Waals surface area contributed by atoms with Crippen LogP contribution in [0.15, 0.2) is 27.6 Å². The molecule has 0 atom stereocenters. The van der Waals surface area contributed by atoms with Gasteiger partial charge in [0, 0.05) is 38.3 Å². The zero-order chi connectivity index (χ0) is 20.5. The van der Waals surface area contributed by atoms with Crippen LogP contribution in [0, 0.1) is 35.3 Å². The second-order valence-electron chi connectivity index (χ2n) is 6.47. The van der Waals surface area contributed by atoms with E-state index < -0.39 is 14.9 Å². The first-order valence-electron chi connectivity index (χ1n) is 8.62. The number of aryl methyl sites for hydroxylation is 2. The summed E-state index contributed by atoms with van der Waals surface area (Å²) in [7, 11) is -3.75. The molecule has 3 rings (SSSR count). The summed E-state index contributed by atoms with van der Waals surface area (Å²) < 4.78 is 32.4. The first-order chi connectivity index (χ1) is 13.3. The van der Waals surface area contributed by atoms with E-state index in [1.807, 2.05) is 11.0 Å². The Morgan fingerprint density at radius 2 is 2.00 bits per heavy atom. The van der Waals surface area contributed by atoms with E-state index in [4.69, 9.17) is 4.52 Å². The third kappa shape index (κ3) is 3.56. The lowest BCUT2D eigenvalue weighted by molar-refractivity contribution is -0.384. The van der Waals surface area contributed by atoms with Crippen molar-refractivity contribution in [3.05, 3.63) is 45.3 Å². The monoisotopic (exact) mass is 405 g/mol. The van der Waals surface area contributed by atoms with Crippen molar-refractivity contribution in [3.8, 4) is 6.07 Å². The first kappa shape index (κ1) is 19.8. The molecule has 148 valence electrons. The van der Waals surface area contributed by atoms with Crippen LogP contribution >= 0.6 is 0 Å². The highest BCUT2D eigenvalue weighted by Crippen LogP contribution is 2.28. The lowest BCUT2D eigenvalue weighted by Gasteiger charge is -2.24. The standard InChI is InChI=1S/C17H19N5O5S/c1-12-17(13(2)27-19-12)28(25,26)21-7-3-6-20(8-9-21)16-5-4-15(22(23)24)10-14(16)11-18/h4-5,10H,3,6-9H2,1-2H3. The van der Waals surface area contributed by atoms with Crippen LogP contribution < -0.4 is 4.90 Å². The average molecular weight is 405 g/mol. The molecule has 0 aliphatic carbocycles. The van der Waals surface area contributed by atoms with Crippen molar-refractivity contribution < 1.29 is 17.9 Å². The van der Waals surface area contributed by atoms with Crippen LogP contribution in [0.1, 0.15) is 23.4 Å². The summed E-state index contributed by atoms with van der Waals surface area (Å²) in [6.07, 6.45) is 0.546. The van der Waals surface area contributed by atoms with Crippen LogP contribution in [0.25, 0.3) is 0 Å². The molecule has 1 aliphatic rings. The van der Waals surface area contributed by atoms with Gasteiger partial charge in [0.1, 0.15) is 16.7 Å². The molecule has 0 saturated carbocycles. The number of non-ortho nitro benzene ring substituents is 1. The van der Waals surface area contributed by atoms with Crippen LogP contribution in [-0.2, 0) is 10.0 Å². The normalized spacial score (nSPS) is 15.8. The number of nitro benzene ring substituents is 1. The minimum absolute atomic E-state index is 0.0917. The van der Waals surface area contributed by atoms with Gasteiger partial charge in [-0.25, -0.2) is 8.42 Å². The minimum Gasteiger partial charge on any atom is -0.369 e. The van der Waals surface area contributed by atoms with Gasteiger partial charge < -0.3 is 9.42 Å². The number of nitriles is 1. The molecular weight excluding hydrogens is 386 g/mol. The lowest BCUT2D eigenvalue weighted by Crippen LogP contribution is -2.35. The number of benzene rings is 1. The zero-order valence-corrected chi connectivity index (χ0v) is 16.3. The van der Waals surface area contributed by atoms with Crippen LogP contribution in [0.5, 0.6) is 0 Å². The maximum Gasteiger partial charge on any atom is 0.270 e. The molecule has 0 N–H and O–H groups in total. The summed E-state index contributed by atoms with van der Waals surface area (Å²) in [6, 6.07) is 6.11. The van der Waals surface area contributed by atoms with Gasteiger partial charge in [-0.2, -0.15) is 9.57 Å². The van der Waals surface area contributed by atoms with E-state index in [-0.39, 0.29) is 28.5 Å². The Hall–Kier alpha value is -2.97. The van der Waals surface area contributed by atoms with Gasteiger partial charge in [-0.1, -0.05) is 5.16 Å². The van der Waals surface area contributed by atoms with E-state index in [1.165, 1.54) is 22.5 Å². The number of rotatable bonds is 4. The fraction of sp³-hybridized carbons (Fsp3) is 0.412. The summed E-state index contributed by atoms with van der Waals surface area (Å²) in [5.74, 6) is 0.251. The van der Waals surface area contributed by atoms with E-state index >= 15 is 0 Å². The summed E-state index contributed by atoms with van der Waals surface area (Å²) in [6.45, 7) is 4.57. The number of anilines is 1. The molecule has 11 heteroatoms. The second kappa shape index (κ2) is 7.57. The van der Waals surface area contributed by atoms with Gasteiger partial charge in [-0.3, -0.25) is 10.1 Å². The first-order valence-corrected chi connectivity index (χ1v) is 10.1. The smallest absolute Gasteiger partial charge is 0.270 e. The number of hydrogen-bond donors (Lipinski definition) is 0. The molecule has 0 spiro atoms. The molecule has 10 nitrogen and oxygen atoms in total. The zero-order valence-electron chi connectivity index (χ0n) is 15.5. The molecule has 28 heavy (non-hydrogen) atoms. The SMILES string of the molecule is Cc1noc(C)c1S(=O)(=O)N1CCCN(c2ccc([N+](=O)[O-])cc2C#N)CC1. The molecule has 0 amide bonds. The molecule has 2 aromatic rings. The summed E-state index contributed by atoms with van der Waals surface area (Å²) >= 11 is 0. The van der Waals surface area contributed by atoms with Crippen molar-refractivity contribution in [2.75, 3.05) is 31.1 Å².